The Bertz CT molecular complexity index is 1290. The third-order valence-corrected chi connectivity index (χ3v) is 6.08. The van der Waals surface area contributed by atoms with Gasteiger partial charge in [0.15, 0.2) is 0 Å². The van der Waals surface area contributed by atoms with E-state index in [4.69, 9.17) is 14.5 Å². The van der Waals surface area contributed by atoms with Gasteiger partial charge in [-0.05, 0) is 35.4 Å². The van der Waals surface area contributed by atoms with Crippen molar-refractivity contribution in [1.82, 2.24) is 15.3 Å². The van der Waals surface area contributed by atoms with Crippen LogP contribution < -0.4 is 10.2 Å². The molecule has 3 aromatic carbocycles. The zero-order valence-electron chi connectivity index (χ0n) is 21.5. The van der Waals surface area contributed by atoms with E-state index in [0.29, 0.717) is 39.4 Å². The molecule has 4 rings (SSSR count). The van der Waals surface area contributed by atoms with Crippen molar-refractivity contribution < 1.29 is 14.3 Å². The maximum atomic E-state index is 11.2. The average molecular weight is 499 g/mol. The fourth-order valence-corrected chi connectivity index (χ4v) is 3.89. The smallest absolute Gasteiger partial charge is 0.219 e. The lowest BCUT2D eigenvalue weighted by Gasteiger charge is -2.20. The summed E-state index contributed by atoms with van der Waals surface area (Å²) in [5.74, 6) is 0.0415. The van der Waals surface area contributed by atoms with Crippen LogP contribution in [-0.4, -0.2) is 62.4 Å². The highest BCUT2D eigenvalue weighted by Crippen LogP contribution is 2.27. The van der Waals surface area contributed by atoms with Crippen LogP contribution >= 0.6 is 0 Å². The number of fused-ring (bicyclic) bond motifs is 1. The molecule has 0 aliphatic rings. The number of para-hydroxylation sites is 2. The van der Waals surface area contributed by atoms with Gasteiger partial charge in [0.2, 0.25) is 5.91 Å². The van der Waals surface area contributed by atoms with Crippen molar-refractivity contribution in [2.75, 3.05) is 51.5 Å². The number of likely N-dealkylation sites (N-methyl/N-ethyl adjacent to an activating group) is 1. The molecule has 0 unspecified atom stereocenters. The van der Waals surface area contributed by atoms with E-state index >= 15 is 0 Å². The minimum atomic E-state index is 0.0415. The molecule has 1 aromatic heterocycles. The van der Waals surface area contributed by atoms with Gasteiger partial charge in [0.1, 0.15) is 0 Å². The van der Waals surface area contributed by atoms with Crippen LogP contribution in [0.4, 0.5) is 5.69 Å². The molecule has 0 aliphatic heterocycles. The maximum Gasteiger partial charge on any atom is 0.219 e. The van der Waals surface area contributed by atoms with E-state index < -0.39 is 0 Å². The third kappa shape index (κ3) is 7.59. The Labute approximate surface area is 218 Å². The second-order valence-electron chi connectivity index (χ2n) is 8.72. The lowest BCUT2D eigenvalue weighted by atomic mass is 10.0. The highest BCUT2D eigenvalue weighted by molar-refractivity contribution is 5.78. The number of hydrogen-bond acceptors (Lipinski definition) is 6. The van der Waals surface area contributed by atoms with Gasteiger partial charge in [-0.25, -0.2) is 4.98 Å². The molecule has 7 heteroatoms. The number of hydrogen-bond donors (Lipinski definition) is 1. The zero-order chi connectivity index (χ0) is 25.9. The van der Waals surface area contributed by atoms with Gasteiger partial charge < -0.3 is 19.7 Å². The average Bonchev–Trinajstić information content (AvgIpc) is 2.96. The van der Waals surface area contributed by atoms with Gasteiger partial charge in [0, 0.05) is 37.8 Å². The quantitative estimate of drug-likeness (QED) is 0.263. The van der Waals surface area contributed by atoms with Crippen LogP contribution in [0.15, 0.2) is 79.0 Å². The molecular formula is C30H34N4O3. The molecule has 0 radical (unpaired) electrons. The van der Waals surface area contributed by atoms with Crippen molar-refractivity contribution in [3.63, 3.8) is 0 Å². The third-order valence-electron chi connectivity index (χ3n) is 6.08. The summed E-state index contributed by atoms with van der Waals surface area (Å²) >= 11 is 0. The summed E-state index contributed by atoms with van der Waals surface area (Å²) in [6.45, 7) is 5.29. The molecule has 0 saturated heterocycles. The Kier molecular flexibility index (Phi) is 9.57. The molecule has 0 bridgehead atoms. The molecule has 0 aliphatic carbocycles. The minimum absolute atomic E-state index is 0.0415. The second-order valence-corrected chi connectivity index (χ2v) is 8.72. The van der Waals surface area contributed by atoms with Crippen molar-refractivity contribution in [2.45, 2.75) is 13.3 Å². The van der Waals surface area contributed by atoms with E-state index in [1.807, 2.05) is 37.4 Å². The van der Waals surface area contributed by atoms with Crippen LogP contribution in [0, 0.1) is 0 Å². The Morgan fingerprint density at radius 3 is 2.35 bits per heavy atom. The molecule has 0 spiro atoms. The summed E-state index contributed by atoms with van der Waals surface area (Å²) in [7, 11) is 2.07. The first-order chi connectivity index (χ1) is 18.1. The zero-order valence-corrected chi connectivity index (χ0v) is 21.5. The van der Waals surface area contributed by atoms with Gasteiger partial charge in [-0.2, -0.15) is 0 Å². The molecule has 192 valence electrons. The van der Waals surface area contributed by atoms with Gasteiger partial charge in [-0.1, -0.05) is 55.5 Å². The topological polar surface area (TPSA) is 76.6 Å². The van der Waals surface area contributed by atoms with Gasteiger partial charge in [-0.3, -0.25) is 9.78 Å². The predicted octanol–water partition coefficient (Wildman–Crippen LogP) is 4.96. The lowest BCUT2D eigenvalue weighted by molar-refractivity contribution is -0.121. The Balaban J connectivity index is 1.25. The number of amides is 1. The number of carbonyl (C=O) groups is 1. The van der Waals surface area contributed by atoms with Crippen molar-refractivity contribution >= 4 is 22.6 Å². The largest absolute Gasteiger partial charge is 0.377 e. The van der Waals surface area contributed by atoms with E-state index in [0.717, 1.165) is 45.6 Å². The van der Waals surface area contributed by atoms with Crippen molar-refractivity contribution in [3.8, 4) is 22.4 Å². The first-order valence-electron chi connectivity index (χ1n) is 12.7. The number of nitrogens with one attached hydrogen (secondary N) is 1. The van der Waals surface area contributed by atoms with Crippen molar-refractivity contribution in [1.29, 1.82) is 0 Å². The number of benzene rings is 3. The number of nitrogens with zero attached hydrogens (tertiary/aromatic N) is 3. The van der Waals surface area contributed by atoms with E-state index in [1.54, 1.807) is 0 Å². The van der Waals surface area contributed by atoms with E-state index in [2.05, 4.69) is 70.8 Å². The van der Waals surface area contributed by atoms with Gasteiger partial charge in [0.25, 0.3) is 0 Å². The van der Waals surface area contributed by atoms with E-state index in [9.17, 15) is 4.79 Å². The van der Waals surface area contributed by atoms with Crippen LogP contribution in [0.2, 0.25) is 0 Å². The first kappa shape index (κ1) is 26.3. The molecule has 4 aromatic rings. The van der Waals surface area contributed by atoms with E-state index in [1.165, 1.54) is 0 Å². The molecule has 1 amide bonds. The standard InChI is InChI=1S/C30H34N4O3/c1-3-30(35)31-15-17-36-19-20-37-18-16-34(2)26-8-6-7-25(21-26)23-11-13-24(14-12-23)29-22-32-27-9-4-5-10-28(27)33-29/h4-14,21-22H,3,15-20H2,1-2H3,(H,31,35). The molecule has 7 nitrogen and oxygen atoms in total. The molecule has 0 fully saturated rings. The highest BCUT2D eigenvalue weighted by atomic mass is 16.5. The number of anilines is 1. The SMILES string of the molecule is CCC(=O)NCCOCCOCCN(C)c1cccc(-c2ccc(-c3cnc4ccccc4n3)cc2)c1. The Hall–Kier alpha value is -3.81. The van der Waals surface area contributed by atoms with Crippen molar-refractivity contribution in [2.24, 2.45) is 0 Å². The monoisotopic (exact) mass is 498 g/mol. The molecular weight excluding hydrogens is 464 g/mol. The van der Waals surface area contributed by atoms with Gasteiger partial charge in [-0.15, -0.1) is 0 Å². The first-order valence-corrected chi connectivity index (χ1v) is 12.7. The molecule has 0 atom stereocenters. The van der Waals surface area contributed by atoms with Crippen LogP contribution in [0.25, 0.3) is 33.4 Å². The minimum Gasteiger partial charge on any atom is -0.377 e. The highest BCUT2D eigenvalue weighted by Gasteiger charge is 2.06. The van der Waals surface area contributed by atoms with Crippen LogP contribution in [0.3, 0.4) is 0 Å². The number of rotatable bonds is 13. The second kappa shape index (κ2) is 13.5. The summed E-state index contributed by atoms with van der Waals surface area (Å²) in [6.07, 6.45) is 2.32. The normalized spacial score (nSPS) is 11.0. The summed E-state index contributed by atoms with van der Waals surface area (Å²) in [5.41, 5.74) is 7.15. The summed E-state index contributed by atoms with van der Waals surface area (Å²) in [4.78, 5) is 22.6. The van der Waals surface area contributed by atoms with E-state index in [-0.39, 0.29) is 5.91 Å². The molecule has 1 N–H and O–H groups in total. The lowest BCUT2D eigenvalue weighted by Crippen LogP contribution is -2.27. The van der Waals surface area contributed by atoms with Gasteiger partial charge >= 0.3 is 0 Å². The fraction of sp³-hybridized carbons (Fsp3) is 0.300. The van der Waals surface area contributed by atoms with Crippen LogP contribution in [0.1, 0.15) is 13.3 Å². The molecule has 37 heavy (non-hydrogen) atoms. The van der Waals surface area contributed by atoms with Crippen molar-refractivity contribution in [3.05, 3.63) is 79.0 Å². The number of carbonyl (C=O) groups excluding carboxylic acids is 1. The number of ether oxygens (including phenoxy) is 2. The van der Waals surface area contributed by atoms with Crippen LogP contribution in [-0.2, 0) is 14.3 Å². The summed E-state index contributed by atoms with van der Waals surface area (Å²) in [6, 6.07) is 24.9. The van der Waals surface area contributed by atoms with Crippen LogP contribution in [0.5, 0.6) is 0 Å². The fourth-order valence-electron chi connectivity index (χ4n) is 3.89. The number of aromatic nitrogens is 2. The summed E-state index contributed by atoms with van der Waals surface area (Å²) in [5, 5.41) is 2.78. The summed E-state index contributed by atoms with van der Waals surface area (Å²) < 4.78 is 11.2. The maximum absolute atomic E-state index is 11.2. The Morgan fingerprint density at radius 2 is 1.57 bits per heavy atom. The molecule has 1 heterocycles. The van der Waals surface area contributed by atoms with Gasteiger partial charge in [0.05, 0.1) is 49.4 Å². The predicted molar refractivity (Wildman–Crippen MR) is 149 cm³/mol. The molecule has 0 saturated carbocycles. The Morgan fingerprint density at radius 1 is 0.838 bits per heavy atom.